The first-order valence-corrected chi connectivity index (χ1v) is 13.7. The molecule has 4 aliphatic carbocycles. The van der Waals surface area contributed by atoms with Crippen LogP contribution < -0.4 is 5.69 Å². The van der Waals surface area contributed by atoms with Gasteiger partial charge in [-0.2, -0.15) is 9.36 Å². The SMILES string of the molecule is C[C@@]1(O)CC[C@@H]2C3CC[C@@]4(C)C(CC[C@@H]4C(=O)Cn4nnn(-c5ccc(F)cc5)c4=O)[C@@H]3CC[C@@H]2C1. The molecule has 1 heterocycles. The average molecular weight is 497 g/mol. The van der Waals surface area contributed by atoms with E-state index in [-0.39, 0.29) is 23.7 Å². The van der Waals surface area contributed by atoms with Gasteiger partial charge in [0.2, 0.25) is 0 Å². The van der Waals surface area contributed by atoms with Crippen LogP contribution in [0, 0.1) is 46.7 Å². The van der Waals surface area contributed by atoms with E-state index in [2.05, 4.69) is 17.4 Å². The Morgan fingerprint density at radius 2 is 1.75 bits per heavy atom. The van der Waals surface area contributed by atoms with Crippen molar-refractivity contribution in [1.82, 2.24) is 19.8 Å². The van der Waals surface area contributed by atoms with Gasteiger partial charge < -0.3 is 5.11 Å². The molecule has 4 saturated carbocycles. The Morgan fingerprint density at radius 3 is 2.53 bits per heavy atom. The van der Waals surface area contributed by atoms with Crippen molar-refractivity contribution in [3.05, 3.63) is 40.6 Å². The summed E-state index contributed by atoms with van der Waals surface area (Å²) >= 11 is 0. The third-order valence-corrected chi connectivity index (χ3v) is 10.6. The fourth-order valence-corrected chi connectivity index (χ4v) is 8.99. The largest absolute Gasteiger partial charge is 0.390 e. The van der Waals surface area contributed by atoms with Gasteiger partial charge in [0.25, 0.3) is 0 Å². The molecule has 0 amide bonds. The summed E-state index contributed by atoms with van der Waals surface area (Å²) in [7, 11) is 0. The van der Waals surface area contributed by atoms with Gasteiger partial charge in [0, 0.05) is 5.92 Å². The highest BCUT2D eigenvalue weighted by molar-refractivity contribution is 5.82. The molecule has 36 heavy (non-hydrogen) atoms. The fourth-order valence-electron chi connectivity index (χ4n) is 8.99. The predicted octanol–water partition coefficient (Wildman–Crippen LogP) is 4.16. The summed E-state index contributed by atoms with van der Waals surface area (Å²) in [6.07, 6.45) is 9.61. The second-order valence-corrected chi connectivity index (χ2v) is 12.6. The van der Waals surface area contributed by atoms with Crippen molar-refractivity contribution >= 4 is 5.78 Å². The summed E-state index contributed by atoms with van der Waals surface area (Å²) in [6, 6.07) is 5.48. The highest BCUT2D eigenvalue weighted by Gasteiger charge is 2.58. The summed E-state index contributed by atoms with van der Waals surface area (Å²) < 4.78 is 15.5. The molecule has 0 aliphatic heterocycles. The maximum absolute atomic E-state index is 13.6. The van der Waals surface area contributed by atoms with Crippen molar-refractivity contribution in [3.8, 4) is 5.69 Å². The zero-order valence-electron chi connectivity index (χ0n) is 21.3. The lowest BCUT2D eigenvalue weighted by molar-refractivity contribution is -0.133. The molecule has 0 bridgehead atoms. The first-order chi connectivity index (χ1) is 17.2. The molecule has 8 atom stereocenters. The van der Waals surface area contributed by atoms with Gasteiger partial charge in [-0.05, 0) is 134 Å². The number of carbonyl (C=O) groups is 1. The van der Waals surface area contributed by atoms with Crippen molar-refractivity contribution in [3.63, 3.8) is 0 Å². The third kappa shape index (κ3) is 3.87. The minimum Gasteiger partial charge on any atom is -0.390 e. The molecule has 7 nitrogen and oxygen atoms in total. The van der Waals surface area contributed by atoms with E-state index in [1.807, 2.05) is 6.92 Å². The van der Waals surface area contributed by atoms with E-state index in [0.717, 1.165) is 59.7 Å². The van der Waals surface area contributed by atoms with Crippen LogP contribution in [0.25, 0.3) is 5.69 Å². The number of Topliss-reactive ketones (excluding diaryl/α,β-unsaturated/α-hetero) is 1. The van der Waals surface area contributed by atoms with Gasteiger partial charge >= 0.3 is 5.69 Å². The lowest BCUT2D eigenvalue weighted by Crippen LogP contribution is -2.51. The molecule has 0 spiro atoms. The van der Waals surface area contributed by atoms with Gasteiger partial charge in [-0.1, -0.05) is 6.92 Å². The molecule has 1 aromatic heterocycles. The van der Waals surface area contributed by atoms with Crippen molar-refractivity contribution in [2.45, 2.75) is 83.8 Å². The molecule has 2 aromatic rings. The average Bonchev–Trinajstić information content (AvgIpc) is 3.38. The number of halogens is 1. The van der Waals surface area contributed by atoms with Crippen LogP contribution in [-0.4, -0.2) is 36.3 Å². The third-order valence-electron chi connectivity index (χ3n) is 10.6. The first kappa shape index (κ1) is 24.0. The standard InChI is InChI=1S/C28H37FN4O3/c1-27(36)13-11-20-17(15-27)3-8-22-21(20)12-14-28(2)23(22)9-10-24(28)25(34)16-32-26(35)33(31-30-32)19-6-4-18(29)5-7-19/h4-7,17,20-24,36H,3,8-16H2,1-2H3/t17-,20+,21?,22-,23?,24-,27-,28+/m1/s1. The highest BCUT2D eigenvalue weighted by Crippen LogP contribution is 2.64. The van der Waals surface area contributed by atoms with Crippen LogP contribution in [0.3, 0.4) is 0 Å². The molecule has 8 heteroatoms. The van der Waals surface area contributed by atoms with Gasteiger partial charge in [-0.25, -0.2) is 9.18 Å². The number of carbonyl (C=O) groups excluding carboxylic acids is 1. The molecule has 0 saturated heterocycles. The van der Waals surface area contributed by atoms with Gasteiger partial charge in [-0.3, -0.25) is 4.79 Å². The van der Waals surface area contributed by atoms with E-state index in [0.29, 0.717) is 23.4 Å². The number of fused-ring (bicyclic) bond motifs is 5. The van der Waals surface area contributed by atoms with Crippen LogP contribution >= 0.6 is 0 Å². The van der Waals surface area contributed by atoms with E-state index in [4.69, 9.17) is 0 Å². The number of nitrogens with zero attached hydrogens (tertiary/aromatic N) is 4. The number of aliphatic hydroxyl groups is 1. The van der Waals surface area contributed by atoms with Crippen molar-refractivity contribution in [2.24, 2.45) is 40.9 Å². The van der Waals surface area contributed by atoms with E-state index in [9.17, 15) is 19.1 Å². The van der Waals surface area contributed by atoms with E-state index in [1.54, 1.807) is 0 Å². The number of aromatic nitrogens is 4. The molecule has 1 N–H and O–H groups in total. The number of benzene rings is 1. The number of ketones is 1. The first-order valence-electron chi connectivity index (χ1n) is 13.7. The van der Waals surface area contributed by atoms with Gasteiger partial charge in [0.05, 0.1) is 11.3 Å². The molecule has 0 radical (unpaired) electrons. The lowest BCUT2D eigenvalue weighted by atomic mass is 9.49. The maximum atomic E-state index is 13.6. The molecule has 194 valence electrons. The highest BCUT2D eigenvalue weighted by atomic mass is 19.1. The molecule has 4 aliphatic rings. The van der Waals surface area contributed by atoms with Crippen LogP contribution in [0.15, 0.2) is 29.1 Å². The Balaban J connectivity index is 1.17. The zero-order valence-corrected chi connectivity index (χ0v) is 21.3. The summed E-state index contributed by atoms with van der Waals surface area (Å²) in [5.74, 6) is 2.96. The van der Waals surface area contributed by atoms with E-state index >= 15 is 0 Å². The molecular formula is C28H37FN4O3. The van der Waals surface area contributed by atoms with Crippen molar-refractivity contribution in [1.29, 1.82) is 0 Å². The second kappa shape index (κ2) is 8.61. The Hall–Kier alpha value is -2.35. The summed E-state index contributed by atoms with van der Waals surface area (Å²) in [5.41, 5.74) is -0.587. The minimum atomic E-state index is -0.501. The van der Waals surface area contributed by atoms with Crippen LogP contribution in [0.1, 0.15) is 71.6 Å². The summed E-state index contributed by atoms with van der Waals surface area (Å²) in [6.45, 7) is 4.25. The van der Waals surface area contributed by atoms with E-state index < -0.39 is 17.1 Å². The van der Waals surface area contributed by atoms with Crippen LogP contribution in [0.4, 0.5) is 4.39 Å². The molecule has 2 unspecified atom stereocenters. The Morgan fingerprint density at radius 1 is 1.00 bits per heavy atom. The van der Waals surface area contributed by atoms with Crippen molar-refractivity contribution < 1.29 is 14.3 Å². The topological polar surface area (TPSA) is 90.0 Å². The smallest absolute Gasteiger partial charge is 0.368 e. The quantitative estimate of drug-likeness (QED) is 0.687. The zero-order chi connectivity index (χ0) is 25.2. The molecule has 1 aromatic carbocycles. The van der Waals surface area contributed by atoms with Crippen LogP contribution in [-0.2, 0) is 11.3 Å². The molecule has 4 fully saturated rings. The van der Waals surface area contributed by atoms with Crippen molar-refractivity contribution in [2.75, 3.05) is 0 Å². The lowest BCUT2D eigenvalue weighted by Gasteiger charge is -2.56. The fraction of sp³-hybridized carbons (Fsp3) is 0.714. The summed E-state index contributed by atoms with van der Waals surface area (Å²) in [4.78, 5) is 26.4. The van der Waals surface area contributed by atoms with Gasteiger partial charge in [-0.15, -0.1) is 0 Å². The number of tetrazole rings is 1. The Labute approximate surface area is 211 Å². The second-order valence-electron chi connectivity index (χ2n) is 12.6. The van der Waals surface area contributed by atoms with Gasteiger partial charge in [0.15, 0.2) is 5.78 Å². The molecule has 6 rings (SSSR count). The van der Waals surface area contributed by atoms with E-state index in [1.165, 1.54) is 43.5 Å². The number of hydrogen-bond donors (Lipinski definition) is 1. The summed E-state index contributed by atoms with van der Waals surface area (Å²) in [5, 5.41) is 18.5. The van der Waals surface area contributed by atoms with Crippen LogP contribution in [0.5, 0.6) is 0 Å². The van der Waals surface area contributed by atoms with Gasteiger partial charge in [0.1, 0.15) is 12.4 Å². The Bertz CT molecular complexity index is 1200. The Kier molecular flexibility index (Phi) is 5.74. The maximum Gasteiger partial charge on any atom is 0.368 e. The van der Waals surface area contributed by atoms with Crippen LogP contribution in [0.2, 0.25) is 0 Å². The molecular weight excluding hydrogens is 459 g/mol. The minimum absolute atomic E-state index is 0.0260. The monoisotopic (exact) mass is 496 g/mol. The normalized spacial score (nSPS) is 39.8. The number of hydrogen-bond acceptors (Lipinski definition) is 5. The predicted molar refractivity (Wildman–Crippen MR) is 132 cm³/mol. The number of rotatable bonds is 4.